The van der Waals surface area contributed by atoms with Crippen molar-refractivity contribution in [1.29, 1.82) is 0 Å². The summed E-state index contributed by atoms with van der Waals surface area (Å²) in [6.45, 7) is 0. The maximum absolute atomic E-state index is 5.57. The third-order valence-corrected chi connectivity index (χ3v) is 4.13. The lowest BCUT2D eigenvalue weighted by Gasteiger charge is -2.00. The second-order valence-corrected chi connectivity index (χ2v) is 5.23. The van der Waals surface area contributed by atoms with E-state index < -0.39 is 0 Å². The molecule has 0 aliphatic heterocycles. The highest BCUT2D eigenvalue weighted by Gasteiger charge is 1.92. The van der Waals surface area contributed by atoms with Crippen LogP contribution in [-0.4, -0.2) is 23.1 Å². The lowest BCUT2D eigenvalue weighted by atomic mass is 10.4. The SMILES string of the molecule is ClCCSCCSc1ccccc1. The second-order valence-electron chi connectivity index (χ2n) is 2.46. The molecular formula is C10H13ClS2. The van der Waals surface area contributed by atoms with Gasteiger partial charge in [-0.2, -0.15) is 11.8 Å². The summed E-state index contributed by atoms with van der Waals surface area (Å²) < 4.78 is 0. The summed E-state index contributed by atoms with van der Waals surface area (Å²) in [5.74, 6) is 4.19. The molecule has 72 valence electrons. The quantitative estimate of drug-likeness (QED) is 0.416. The molecule has 0 amide bonds. The number of halogens is 1. The van der Waals surface area contributed by atoms with Crippen LogP contribution < -0.4 is 0 Å². The normalized spacial score (nSPS) is 10.2. The molecule has 0 atom stereocenters. The molecule has 0 saturated carbocycles. The fourth-order valence-corrected chi connectivity index (χ4v) is 2.92. The van der Waals surface area contributed by atoms with Crippen molar-refractivity contribution in [3.63, 3.8) is 0 Å². The Morgan fingerprint density at radius 3 is 2.46 bits per heavy atom. The Kier molecular flexibility index (Phi) is 6.60. The Hall–Kier alpha value is 0.210. The summed E-state index contributed by atoms with van der Waals surface area (Å²) >= 11 is 9.40. The van der Waals surface area contributed by atoms with Crippen LogP contribution in [-0.2, 0) is 0 Å². The van der Waals surface area contributed by atoms with Crippen LogP contribution in [0.1, 0.15) is 0 Å². The molecule has 1 rings (SSSR count). The predicted octanol–water partition coefficient (Wildman–Crippen LogP) is 3.75. The van der Waals surface area contributed by atoms with Crippen molar-refractivity contribution in [1.82, 2.24) is 0 Å². The highest BCUT2D eigenvalue weighted by Crippen LogP contribution is 2.18. The van der Waals surface area contributed by atoms with Gasteiger partial charge in [-0.3, -0.25) is 0 Å². The van der Waals surface area contributed by atoms with Crippen LogP contribution >= 0.6 is 35.1 Å². The van der Waals surface area contributed by atoms with Gasteiger partial charge in [0.05, 0.1) is 0 Å². The maximum Gasteiger partial charge on any atom is 0.0314 e. The lowest BCUT2D eigenvalue weighted by molar-refractivity contribution is 1.43. The van der Waals surface area contributed by atoms with E-state index in [9.17, 15) is 0 Å². The van der Waals surface area contributed by atoms with Gasteiger partial charge in [0.15, 0.2) is 0 Å². The summed E-state index contributed by atoms with van der Waals surface area (Å²) in [6.07, 6.45) is 0. The minimum absolute atomic E-state index is 0.765. The number of alkyl halides is 1. The fraction of sp³-hybridized carbons (Fsp3) is 0.400. The molecule has 1 aromatic carbocycles. The molecule has 0 aromatic heterocycles. The lowest BCUT2D eigenvalue weighted by Crippen LogP contribution is -1.87. The van der Waals surface area contributed by atoms with Crippen LogP contribution in [0.5, 0.6) is 0 Å². The van der Waals surface area contributed by atoms with Crippen LogP contribution in [0.2, 0.25) is 0 Å². The summed E-state index contributed by atoms with van der Waals surface area (Å²) in [4.78, 5) is 1.36. The van der Waals surface area contributed by atoms with Crippen molar-refractivity contribution >= 4 is 35.1 Å². The molecule has 0 bridgehead atoms. The van der Waals surface area contributed by atoms with E-state index >= 15 is 0 Å². The minimum Gasteiger partial charge on any atom is -0.160 e. The smallest absolute Gasteiger partial charge is 0.0314 e. The van der Waals surface area contributed by atoms with E-state index in [0.717, 1.165) is 11.6 Å². The Morgan fingerprint density at radius 1 is 1.00 bits per heavy atom. The fourth-order valence-electron chi connectivity index (χ4n) is 0.892. The predicted molar refractivity (Wildman–Crippen MR) is 65.2 cm³/mol. The Morgan fingerprint density at radius 2 is 1.77 bits per heavy atom. The van der Waals surface area contributed by atoms with Gasteiger partial charge in [0.2, 0.25) is 0 Å². The standard InChI is InChI=1S/C10H13ClS2/c11-6-7-12-8-9-13-10-4-2-1-3-5-10/h1-5H,6-9H2. The van der Waals surface area contributed by atoms with Gasteiger partial charge in [0.25, 0.3) is 0 Å². The van der Waals surface area contributed by atoms with Crippen molar-refractivity contribution in [3.05, 3.63) is 30.3 Å². The van der Waals surface area contributed by atoms with Gasteiger partial charge in [-0.25, -0.2) is 0 Å². The van der Waals surface area contributed by atoms with Crippen molar-refractivity contribution in [2.24, 2.45) is 0 Å². The molecule has 0 nitrogen and oxygen atoms in total. The van der Waals surface area contributed by atoms with Crippen LogP contribution in [0.25, 0.3) is 0 Å². The van der Waals surface area contributed by atoms with Gasteiger partial charge in [-0.15, -0.1) is 23.4 Å². The summed E-state index contributed by atoms with van der Waals surface area (Å²) in [6, 6.07) is 10.5. The zero-order chi connectivity index (χ0) is 9.36. The van der Waals surface area contributed by atoms with E-state index in [0.29, 0.717) is 0 Å². The average molecular weight is 233 g/mol. The summed E-state index contributed by atoms with van der Waals surface area (Å²) in [5, 5.41) is 0. The van der Waals surface area contributed by atoms with Gasteiger partial charge in [0.1, 0.15) is 0 Å². The largest absolute Gasteiger partial charge is 0.160 e. The van der Waals surface area contributed by atoms with E-state index in [1.807, 2.05) is 29.6 Å². The first-order valence-corrected chi connectivity index (χ1v) is 6.92. The number of hydrogen-bond donors (Lipinski definition) is 0. The van der Waals surface area contributed by atoms with Gasteiger partial charge >= 0.3 is 0 Å². The first kappa shape index (κ1) is 11.3. The highest BCUT2D eigenvalue weighted by atomic mass is 35.5. The van der Waals surface area contributed by atoms with Crippen molar-refractivity contribution in [2.75, 3.05) is 23.1 Å². The van der Waals surface area contributed by atoms with Gasteiger partial charge in [-0.05, 0) is 12.1 Å². The molecule has 3 heteroatoms. The third-order valence-electron chi connectivity index (χ3n) is 1.46. The van der Waals surface area contributed by atoms with E-state index in [1.165, 1.54) is 16.4 Å². The average Bonchev–Trinajstić information content (AvgIpc) is 2.19. The number of hydrogen-bond acceptors (Lipinski definition) is 2. The monoisotopic (exact) mass is 232 g/mol. The molecule has 0 aliphatic rings. The van der Waals surface area contributed by atoms with Gasteiger partial charge < -0.3 is 0 Å². The van der Waals surface area contributed by atoms with Crippen molar-refractivity contribution in [3.8, 4) is 0 Å². The Balaban J connectivity index is 2.07. The summed E-state index contributed by atoms with van der Waals surface area (Å²) in [7, 11) is 0. The van der Waals surface area contributed by atoms with E-state index in [1.54, 1.807) is 0 Å². The zero-order valence-corrected chi connectivity index (χ0v) is 9.80. The Bertz CT molecular complexity index is 213. The molecule has 0 aliphatic carbocycles. The number of benzene rings is 1. The van der Waals surface area contributed by atoms with Crippen LogP contribution in [0.3, 0.4) is 0 Å². The summed E-state index contributed by atoms with van der Waals surface area (Å²) in [5.41, 5.74) is 0. The molecule has 0 spiro atoms. The molecule has 0 saturated heterocycles. The maximum atomic E-state index is 5.57. The molecule has 0 heterocycles. The molecule has 0 unspecified atom stereocenters. The van der Waals surface area contributed by atoms with Crippen LogP contribution in [0, 0.1) is 0 Å². The Labute approximate surface area is 93.4 Å². The van der Waals surface area contributed by atoms with Crippen molar-refractivity contribution < 1.29 is 0 Å². The minimum atomic E-state index is 0.765. The molecule has 1 aromatic rings. The highest BCUT2D eigenvalue weighted by molar-refractivity contribution is 8.03. The molecule has 0 N–H and O–H groups in total. The van der Waals surface area contributed by atoms with E-state index in [-0.39, 0.29) is 0 Å². The molecular weight excluding hydrogens is 220 g/mol. The topological polar surface area (TPSA) is 0 Å². The van der Waals surface area contributed by atoms with Crippen LogP contribution in [0.4, 0.5) is 0 Å². The van der Waals surface area contributed by atoms with E-state index in [2.05, 4.69) is 24.3 Å². The first-order valence-electron chi connectivity index (χ1n) is 4.25. The zero-order valence-electron chi connectivity index (χ0n) is 7.41. The van der Waals surface area contributed by atoms with Crippen LogP contribution in [0.15, 0.2) is 35.2 Å². The van der Waals surface area contributed by atoms with Gasteiger partial charge in [-0.1, -0.05) is 18.2 Å². The van der Waals surface area contributed by atoms with Gasteiger partial charge in [0, 0.05) is 28.0 Å². The molecule has 0 radical (unpaired) electrons. The first-order chi connectivity index (χ1) is 6.43. The molecule has 0 fully saturated rings. The van der Waals surface area contributed by atoms with Crippen molar-refractivity contribution in [2.45, 2.75) is 4.90 Å². The third kappa shape index (κ3) is 5.50. The van der Waals surface area contributed by atoms with E-state index in [4.69, 9.17) is 11.6 Å². The number of rotatable bonds is 6. The number of thioether (sulfide) groups is 2. The second kappa shape index (κ2) is 7.60. The molecule has 13 heavy (non-hydrogen) atoms.